The van der Waals surface area contributed by atoms with Crippen molar-refractivity contribution in [2.45, 2.75) is 6.92 Å². The number of anilines is 1. The molecule has 3 aromatic rings. The van der Waals surface area contributed by atoms with Crippen LogP contribution in [0.3, 0.4) is 0 Å². The fourth-order valence-electron chi connectivity index (χ4n) is 1.91. The van der Waals surface area contributed by atoms with Gasteiger partial charge in [0.25, 0.3) is 0 Å². The molecule has 2 heterocycles. The van der Waals surface area contributed by atoms with E-state index in [-0.39, 0.29) is 17.7 Å². The number of aromatic nitrogens is 4. The van der Waals surface area contributed by atoms with E-state index in [0.717, 1.165) is 0 Å². The van der Waals surface area contributed by atoms with Gasteiger partial charge >= 0.3 is 6.01 Å². The molecule has 1 aromatic carbocycles. The normalized spacial score (nSPS) is 10.5. The SMILES string of the molecule is Cc1ccc(-c2cnc(N)nc2)c(F)c1Oc1ncccn1. The molecule has 0 fully saturated rings. The van der Waals surface area contributed by atoms with Crippen LogP contribution < -0.4 is 10.5 Å². The zero-order valence-electron chi connectivity index (χ0n) is 11.7. The van der Waals surface area contributed by atoms with Gasteiger partial charge in [-0.3, -0.25) is 0 Å². The van der Waals surface area contributed by atoms with Crippen LogP contribution in [0.15, 0.2) is 43.0 Å². The van der Waals surface area contributed by atoms with Gasteiger partial charge in [-0.25, -0.2) is 24.3 Å². The highest BCUT2D eigenvalue weighted by Crippen LogP contribution is 2.33. The molecule has 2 N–H and O–H groups in total. The fraction of sp³-hybridized carbons (Fsp3) is 0.0667. The van der Waals surface area contributed by atoms with Crippen LogP contribution in [0, 0.1) is 12.7 Å². The Bertz CT molecular complexity index is 793. The molecule has 0 saturated carbocycles. The Balaban J connectivity index is 2.04. The molecule has 0 bridgehead atoms. The average Bonchev–Trinajstić information content (AvgIpc) is 2.54. The molecule has 22 heavy (non-hydrogen) atoms. The van der Waals surface area contributed by atoms with Crippen LogP contribution in [0.2, 0.25) is 0 Å². The molecule has 0 spiro atoms. The minimum atomic E-state index is -0.527. The molecule has 110 valence electrons. The highest BCUT2D eigenvalue weighted by Gasteiger charge is 2.16. The fourth-order valence-corrected chi connectivity index (χ4v) is 1.91. The molecule has 0 atom stereocenters. The molecule has 0 aliphatic rings. The van der Waals surface area contributed by atoms with Gasteiger partial charge < -0.3 is 10.5 Å². The van der Waals surface area contributed by atoms with E-state index in [1.165, 1.54) is 24.8 Å². The third-order valence-electron chi connectivity index (χ3n) is 3.01. The van der Waals surface area contributed by atoms with E-state index in [1.807, 2.05) is 0 Å². The highest BCUT2D eigenvalue weighted by atomic mass is 19.1. The molecule has 0 radical (unpaired) electrons. The quantitative estimate of drug-likeness (QED) is 0.800. The van der Waals surface area contributed by atoms with Crippen LogP contribution in [-0.2, 0) is 0 Å². The second-order valence-electron chi connectivity index (χ2n) is 4.54. The first-order chi connectivity index (χ1) is 10.6. The summed E-state index contributed by atoms with van der Waals surface area (Å²) in [6.45, 7) is 1.74. The van der Waals surface area contributed by atoms with E-state index in [2.05, 4.69) is 19.9 Å². The maximum Gasteiger partial charge on any atom is 0.321 e. The van der Waals surface area contributed by atoms with Crippen molar-refractivity contribution in [2.75, 3.05) is 5.73 Å². The number of halogens is 1. The minimum absolute atomic E-state index is 0.0699. The standard InChI is InChI=1S/C15H12FN5O/c1-9-3-4-11(10-7-20-14(17)21-8-10)12(16)13(9)22-15-18-5-2-6-19-15/h2-8H,1H3,(H2,17,20,21). The predicted molar refractivity (Wildman–Crippen MR) is 78.7 cm³/mol. The van der Waals surface area contributed by atoms with Crippen LogP contribution in [-0.4, -0.2) is 19.9 Å². The number of ether oxygens (including phenoxy) is 1. The van der Waals surface area contributed by atoms with Gasteiger partial charge in [-0.1, -0.05) is 12.1 Å². The molecule has 0 aliphatic heterocycles. The third-order valence-corrected chi connectivity index (χ3v) is 3.01. The van der Waals surface area contributed by atoms with Crippen LogP contribution in [0.4, 0.5) is 10.3 Å². The second kappa shape index (κ2) is 5.72. The maximum absolute atomic E-state index is 14.7. The second-order valence-corrected chi connectivity index (χ2v) is 4.54. The largest absolute Gasteiger partial charge is 0.421 e. The summed E-state index contributed by atoms with van der Waals surface area (Å²) >= 11 is 0. The van der Waals surface area contributed by atoms with Crippen molar-refractivity contribution in [1.29, 1.82) is 0 Å². The molecular weight excluding hydrogens is 285 g/mol. The third kappa shape index (κ3) is 2.69. The topological polar surface area (TPSA) is 86.8 Å². The lowest BCUT2D eigenvalue weighted by Crippen LogP contribution is -1.99. The zero-order chi connectivity index (χ0) is 15.5. The van der Waals surface area contributed by atoms with Crippen molar-refractivity contribution in [3.05, 3.63) is 54.4 Å². The smallest absolute Gasteiger partial charge is 0.321 e. The van der Waals surface area contributed by atoms with Crippen LogP contribution >= 0.6 is 0 Å². The molecule has 0 amide bonds. The lowest BCUT2D eigenvalue weighted by atomic mass is 10.1. The molecule has 0 aliphatic carbocycles. The van der Waals surface area contributed by atoms with Crippen LogP contribution in [0.25, 0.3) is 11.1 Å². The Morgan fingerprint density at radius 1 is 1.05 bits per heavy atom. The molecule has 7 heteroatoms. The minimum Gasteiger partial charge on any atom is -0.421 e. The van der Waals surface area contributed by atoms with Crippen molar-refractivity contribution >= 4 is 5.95 Å². The van der Waals surface area contributed by atoms with Crippen molar-refractivity contribution < 1.29 is 9.13 Å². The number of nitrogens with two attached hydrogens (primary N) is 1. The van der Waals surface area contributed by atoms with Crippen molar-refractivity contribution in [3.63, 3.8) is 0 Å². The van der Waals surface area contributed by atoms with E-state index < -0.39 is 5.82 Å². The molecule has 6 nitrogen and oxygen atoms in total. The van der Waals surface area contributed by atoms with Gasteiger partial charge in [0, 0.05) is 35.9 Å². The Morgan fingerprint density at radius 2 is 1.73 bits per heavy atom. The van der Waals surface area contributed by atoms with E-state index in [4.69, 9.17) is 10.5 Å². The summed E-state index contributed by atoms with van der Waals surface area (Å²) in [5.41, 5.74) is 6.89. The van der Waals surface area contributed by atoms with Gasteiger partial charge in [-0.05, 0) is 18.6 Å². The summed E-state index contributed by atoms with van der Waals surface area (Å²) in [6, 6.07) is 5.11. The summed E-state index contributed by atoms with van der Waals surface area (Å²) < 4.78 is 20.2. The number of nitrogens with zero attached hydrogens (tertiary/aromatic N) is 4. The lowest BCUT2D eigenvalue weighted by Gasteiger charge is -2.11. The van der Waals surface area contributed by atoms with E-state index in [9.17, 15) is 4.39 Å². The van der Waals surface area contributed by atoms with E-state index >= 15 is 0 Å². The number of hydrogen-bond donors (Lipinski definition) is 1. The molecule has 0 saturated heterocycles. The Kier molecular flexibility index (Phi) is 3.61. The van der Waals surface area contributed by atoms with Gasteiger partial charge in [-0.2, -0.15) is 0 Å². The van der Waals surface area contributed by atoms with Gasteiger partial charge in [0.1, 0.15) is 0 Å². The first-order valence-electron chi connectivity index (χ1n) is 6.47. The van der Waals surface area contributed by atoms with E-state index in [1.54, 1.807) is 25.1 Å². The Labute approximate surface area is 125 Å². The first kappa shape index (κ1) is 13.9. The van der Waals surface area contributed by atoms with Crippen molar-refractivity contribution in [1.82, 2.24) is 19.9 Å². The summed E-state index contributed by atoms with van der Waals surface area (Å²) in [4.78, 5) is 15.6. The zero-order valence-corrected chi connectivity index (χ0v) is 11.7. The van der Waals surface area contributed by atoms with Gasteiger partial charge in [-0.15, -0.1) is 0 Å². The van der Waals surface area contributed by atoms with Gasteiger partial charge in [0.05, 0.1) is 0 Å². The van der Waals surface area contributed by atoms with Crippen LogP contribution in [0.1, 0.15) is 5.56 Å². The lowest BCUT2D eigenvalue weighted by molar-refractivity contribution is 0.408. The maximum atomic E-state index is 14.7. The first-order valence-corrected chi connectivity index (χ1v) is 6.47. The Morgan fingerprint density at radius 3 is 2.41 bits per heavy atom. The molecule has 3 rings (SSSR count). The number of benzene rings is 1. The summed E-state index contributed by atoms with van der Waals surface area (Å²) in [5.74, 6) is -0.327. The van der Waals surface area contributed by atoms with E-state index in [0.29, 0.717) is 16.7 Å². The highest BCUT2D eigenvalue weighted by molar-refractivity contribution is 5.66. The number of aryl methyl sites for hydroxylation is 1. The van der Waals surface area contributed by atoms with Gasteiger partial charge in [0.2, 0.25) is 5.95 Å². The summed E-state index contributed by atoms with van der Waals surface area (Å²) in [7, 11) is 0. The monoisotopic (exact) mass is 297 g/mol. The molecule has 2 aromatic heterocycles. The summed E-state index contributed by atoms with van der Waals surface area (Å²) in [5, 5.41) is 0. The van der Waals surface area contributed by atoms with Crippen molar-refractivity contribution in [2.24, 2.45) is 0 Å². The summed E-state index contributed by atoms with van der Waals surface area (Å²) in [6.07, 6.45) is 5.96. The number of rotatable bonds is 3. The van der Waals surface area contributed by atoms with Crippen LogP contribution in [0.5, 0.6) is 11.8 Å². The number of hydrogen-bond acceptors (Lipinski definition) is 6. The predicted octanol–water partition coefficient (Wildman–Crippen LogP) is 2.76. The van der Waals surface area contributed by atoms with Crippen molar-refractivity contribution in [3.8, 4) is 22.9 Å². The Hall–Kier alpha value is -3.09. The average molecular weight is 297 g/mol. The molecular formula is C15H12FN5O. The van der Waals surface area contributed by atoms with Gasteiger partial charge in [0.15, 0.2) is 11.6 Å². The number of nitrogen functional groups attached to an aromatic ring is 1. The molecule has 0 unspecified atom stereocenters.